The number of para-hydroxylation sites is 1. The molecule has 1 aliphatic rings. The topological polar surface area (TPSA) is 33.1 Å². The molecule has 0 atom stereocenters. The van der Waals surface area contributed by atoms with Crippen LogP contribution in [-0.4, -0.2) is 6.54 Å². The summed E-state index contributed by atoms with van der Waals surface area (Å²) < 4.78 is 2.10. The van der Waals surface area contributed by atoms with E-state index >= 15 is 0 Å². The first-order valence-electron chi connectivity index (χ1n) is 6.94. The number of benzene rings is 1. The molecule has 0 saturated carbocycles. The Bertz CT molecular complexity index is 592. The number of rotatable bonds is 3. The normalized spacial score (nSPS) is 13.6. The summed E-state index contributed by atoms with van der Waals surface area (Å²) in [5.74, 6) is 0.837. The van der Waals surface area contributed by atoms with Crippen molar-refractivity contribution < 1.29 is 4.57 Å². The number of hydrogen-bond acceptors (Lipinski definition) is 2. The molecule has 1 aliphatic heterocycles. The van der Waals surface area contributed by atoms with Gasteiger partial charge in [0.25, 0.3) is 5.82 Å². The molecule has 0 aliphatic carbocycles. The van der Waals surface area contributed by atoms with Gasteiger partial charge in [-0.3, -0.25) is 5.73 Å². The SMILES string of the molecule is CCC[n+]1ccc(N2CCc3ccccc32)cc1N. The number of fused-ring (bicyclic) bond motifs is 1. The first-order valence-corrected chi connectivity index (χ1v) is 6.94. The van der Waals surface area contributed by atoms with Gasteiger partial charge < -0.3 is 4.90 Å². The summed E-state index contributed by atoms with van der Waals surface area (Å²) in [6, 6.07) is 12.8. The van der Waals surface area contributed by atoms with E-state index in [2.05, 4.69) is 59.0 Å². The summed E-state index contributed by atoms with van der Waals surface area (Å²) >= 11 is 0. The highest BCUT2D eigenvalue weighted by Gasteiger charge is 2.20. The van der Waals surface area contributed by atoms with Gasteiger partial charge in [-0.1, -0.05) is 25.1 Å². The average Bonchev–Trinajstić information content (AvgIpc) is 2.85. The van der Waals surface area contributed by atoms with Crippen molar-refractivity contribution in [2.75, 3.05) is 17.2 Å². The fourth-order valence-corrected chi connectivity index (χ4v) is 2.75. The molecule has 1 aromatic heterocycles. The van der Waals surface area contributed by atoms with E-state index in [1.165, 1.54) is 16.9 Å². The highest BCUT2D eigenvalue weighted by Crippen LogP contribution is 2.34. The van der Waals surface area contributed by atoms with Crippen molar-refractivity contribution in [3.63, 3.8) is 0 Å². The largest absolute Gasteiger partial charge is 0.341 e. The van der Waals surface area contributed by atoms with Gasteiger partial charge in [-0.25, -0.2) is 4.57 Å². The molecule has 0 amide bonds. The smallest absolute Gasteiger partial charge is 0.274 e. The minimum atomic E-state index is 0.837. The maximum atomic E-state index is 6.13. The first kappa shape index (κ1) is 12.0. The standard InChI is InChI=1S/C16H19N3/c1-2-9-18-10-8-14(12-16(18)17)19-11-7-13-5-3-4-6-15(13)19/h3-6,8,10,12,17H,2,7,9,11H2,1H3/p+1. The van der Waals surface area contributed by atoms with Crippen LogP contribution in [0.5, 0.6) is 0 Å². The maximum Gasteiger partial charge on any atom is 0.274 e. The Morgan fingerprint density at radius 1 is 1.26 bits per heavy atom. The molecule has 0 saturated heterocycles. The van der Waals surface area contributed by atoms with Crippen molar-refractivity contribution in [1.29, 1.82) is 0 Å². The maximum absolute atomic E-state index is 6.13. The van der Waals surface area contributed by atoms with Crippen LogP contribution in [0.25, 0.3) is 0 Å². The zero-order valence-electron chi connectivity index (χ0n) is 11.3. The lowest BCUT2D eigenvalue weighted by Crippen LogP contribution is -2.36. The zero-order chi connectivity index (χ0) is 13.2. The number of hydrogen-bond donors (Lipinski definition) is 1. The van der Waals surface area contributed by atoms with Crippen molar-refractivity contribution >= 4 is 17.2 Å². The lowest BCUT2D eigenvalue weighted by atomic mass is 10.2. The first-order chi connectivity index (χ1) is 9.29. The molecule has 0 spiro atoms. The molecule has 2 N–H and O–H groups in total. The van der Waals surface area contributed by atoms with E-state index in [-0.39, 0.29) is 0 Å². The predicted octanol–water partition coefficient (Wildman–Crippen LogP) is 2.66. The molecule has 19 heavy (non-hydrogen) atoms. The van der Waals surface area contributed by atoms with Crippen molar-refractivity contribution in [3.05, 3.63) is 48.2 Å². The van der Waals surface area contributed by atoms with E-state index in [4.69, 9.17) is 5.73 Å². The number of nitrogens with zero attached hydrogens (tertiary/aromatic N) is 2. The van der Waals surface area contributed by atoms with Crippen LogP contribution in [0, 0.1) is 0 Å². The molecular weight excluding hydrogens is 234 g/mol. The molecule has 3 nitrogen and oxygen atoms in total. The van der Waals surface area contributed by atoms with E-state index < -0.39 is 0 Å². The molecule has 3 heteroatoms. The third-order valence-electron chi connectivity index (χ3n) is 3.72. The number of aromatic nitrogens is 1. The molecule has 2 aromatic rings. The van der Waals surface area contributed by atoms with Gasteiger partial charge in [-0.05, 0) is 24.5 Å². The molecule has 2 heterocycles. The third-order valence-corrected chi connectivity index (χ3v) is 3.72. The number of pyridine rings is 1. The summed E-state index contributed by atoms with van der Waals surface area (Å²) in [7, 11) is 0. The van der Waals surface area contributed by atoms with Crippen LogP contribution in [0.15, 0.2) is 42.6 Å². The van der Waals surface area contributed by atoms with Crippen LogP contribution in [0.2, 0.25) is 0 Å². The fourth-order valence-electron chi connectivity index (χ4n) is 2.75. The lowest BCUT2D eigenvalue weighted by Gasteiger charge is -2.19. The quantitative estimate of drug-likeness (QED) is 0.854. The minimum Gasteiger partial charge on any atom is -0.341 e. The highest BCUT2D eigenvalue weighted by atomic mass is 15.2. The van der Waals surface area contributed by atoms with Crippen LogP contribution in [0.3, 0.4) is 0 Å². The Hall–Kier alpha value is -2.03. The predicted molar refractivity (Wildman–Crippen MR) is 78.5 cm³/mol. The van der Waals surface area contributed by atoms with Crippen LogP contribution in [-0.2, 0) is 13.0 Å². The molecule has 0 unspecified atom stereocenters. The van der Waals surface area contributed by atoms with Gasteiger partial charge in [0.1, 0.15) is 0 Å². The zero-order valence-corrected chi connectivity index (χ0v) is 11.3. The van der Waals surface area contributed by atoms with Gasteiger partial charge in [0.2, 0.25) is 0 Å². The molecule has 1 aromatic carbocycles. The van der Waals surface area contributed by atoms with Gasteiger partial charge in [0, 0.05) is 18.3 Å². The van der Waals surface area contributed by atoms with Gasteiger partial charge >= 0.3 is 0 Å². The van der Waals surface area contributed by atoms with E-state index in [0.717, 1.165) is 31.7 Å². The van der Waals surface area contributed by atoms with Crippen LogP contribution in [0.4, 0.5) is 17.2 Å². The Balaban J connectivity index is 1.94. The van der Waals surface area contributed by atoms with Crippen molar-refractivity contribution in [1.82, 2.24) is 0 Å². The Morgan fingerprint density at radius 2 is 2.11 bits per heavy atom. The Labute approximate surface area is 114 Å². The molecular formula is C16H20N3+. The molecule has 3 rings (SSSR count). The second-order valence-corrected chi connectivity index (χ2v) is 5.03. The summed E-state index contributed by atoms with van der Waals surface area (Å²) in [4.78, 5) is 2.35. The minimum absolute atomic E-state index is 0.837. The fraction of sp³-hybridized carbons (Fsp3) is 0.312. The number of nitrogens with two attached hydrogens (primary N) is 1. The van der Waals surface area contributed by atoms with E-state index in [0.29, 0.717) is 0 Å². The second-order valence-electron chi connectivity index (χ2n) is 5.03. The number of aryl methyl sites for hydroxylation is 1. The van der Waals surface area contributed by atoms with Crippen molar-refractivity contribution in [3.8, 4) is 0 Å². The number of anilines is 3. The highest BCUT2D eigenvalue weighted by molar-refractivity contribution is 5.70. The van der Waals surface area contributed by atoms with Crippen molar-refractivity contribution in [2.24, 2.45) is 0 Å². The Kier molecular flexibility index (Phi) is 3.11. The monoisotopic (exact) mass is 254 g/mol. The summed E-state index contributed by atoms with van der Waals surface area (Å²) in [6.45, 7) is 4.18. The van der Waals surface area contributed by atoms with Gasteiger partial charge in [0.05, 0.1) is 24.5 Å². The summed E-state index contributed by atoms with van der Waals surface area (Å²) in [5, 5.41) is 0. The summed E-state index contributed by atoms with van der Waals surface area (Å²) in [5.41, 5.74) is 10.1. The van der Waals surface area contributed by atoms with Crippen LogP contribution < -0.4 is 15.2 Å². The van der Waals surface area contributed by atoms with Gasteiger partial charge in [-0.15, -0.1) is 0 Å². The number of nitrogen functional groups attached to an aromatic ring is 1. The third kappa shape index (κ3) is 2.16. The van der Waals surface area contributed by atoms with E-state index in [9.17, 15) is 0 Å². The van der Waals surface area contributed by atoms with Gasteiger partial charge in [-0.2, -0.15) is 0 Å². The van der Waals surface area contributed by atoms with Crippen LogP contribution >= 0.6 is 0 Å². The van der Waals surface area contributed by atoms with Crippen LogP contribution in [0.1, 0.15) is 18.9 Å². The average molecular weight is 254 g/mol. The molecule has 98 valence electrons. The van der Waals surface area contributed by atoms with Crippen molar-refractivity contribution in [2.45, 2.75) is 26.3 Å². The molecule has 0 fully saturated rings. The lowest BCUT2D eigenvalue weighted by molar-refractivity contribution is -0.682. The van der Waals surface area contributed by atoms with E-state index in [1.54, 1.807) is 0 Å². The van der Waals surface area contributed by atoms with E-state index in [1.807, 2.05) is 0 Å². The molecule has 0 radical (unpaired) electrons. The molecule has 0 bridgehead atoms. The Morgan fingerprint density at radius 3 is 2.89 bits per heavy atom. The summed E-state index contributed by atoms with van der Waals surface area (Å²) in [6.07, 6.45) is 4.30. The van der Waals surface area contributed by atoms with Gasteiger partial charge in [0.15, 0.2) is 0 Å². The second kappa shape index (κ2) is 4.92.